The number of aromatic hydroxyl groups is 1. The van der Waals surface area contributed by atoms with E-state index in [1.165, 1.54) is 37.0 Å². The Bertz CT molecular complexity index is 1020. The molecule has 0 spiro atoms. The van der Waals surface area contributed by atoms with Crippen molar-refractivity contribution in [1.82, 2.24) is 10.2 Å². The Morgan fingerprint density at radius 1 is 1.18 bits per heavy atom. The van der Waals surface area contributed by atoms with Crippen LogP contribution >= 0.6 is 11.6 Å². The summed E-state index contributed by atoms with van der Waals surface area (Å²) in [6.07, 6.45) is 10.2. The van der Waals surface area contributed by atoms with Crippen LogP contribution in [-0.2, 0) is 6.42 Å². The number of nitrogens with zero attached hydrogens (tertiary/aromatic N) is 1. The lowest BCUT2D eigenvalue weighted by Gasteiger charge is -2.34. The number of nitrogens with two attached hydrogens (primary N) is 1. The molecular formula is C31H47ClN4O4. The lowest BCUT2D eigenvalue weighted by atomic mass is 9.95. The van der Waals surface area contributed by atoms with Crippen molar-refractivity contribution in [3.8, 4) is 11.5 Å². The number of aliphatic hydroxyl groups is 1. The molecule has 0 bridgehead atoms. The van der Waals surface area contributed by atoms with E-state index >= 15 is 0 Å². The highest BCUT2D eigenvalue weighted by atomic mass is 35.5. The molecule has 2 aromatic carbocycles. The number of hydrogen-bond acceptors (Lipinski definition) is 6. The van der Waals surface area contributed by atoms with Gasteiger partial charge in [-0.2, -0.15) is 0 Å². The number of anilines is 1. The molecule has 1 fully saturated rings. The van der Waals surface area contributed by atoms with Gasteiger partial charge in [0.1, 0.15) is 24.2 Å². The van der Waals surface area contributed by atoms with E-state index < -0.39 is 6.10 Å². The number of amides is 2. The van der Waals surface area contributed by atoms with Gasteiger partial charge in [0.2, 0.25) is 0 Å². The second-order valence-corrected chi connectivity index (χ2v) is 11.2. The maximum atomic E-state index is 11.8. The molecule has 3 rings (SSSR count). The Kier molecular flexibility index (Phi) is 13.7. The topological polar surface area (TPSA) is 120 Å². The van der Waals surface area contributed by atoms with Gasteiger partial charge in [-0.25, -0.2) is 4.79 Å². The van der Waals surface area contributed by atoms with Crippen LogP contribution in [0.15, 0.2) is 42.5 Å². The molecule has 1 aliphatic heterocycles. The van der Waals surface area contributed by atoms with Crippen molar-refractivity contribution in [1.29, 1.82) is 0 Å². The molecule has 3 atom stereocenters. The third-order valence-electron chi connectivity index (χ3n) is 7.55. The van der Waals surface area contributed by atoms with Crippen molar-refractivity contribution in [3.63, 3.8) is 0 Å². The lowest BCUT2D eigenvalue weighted by molar-refractivity contribution is 0.106. The zero-order valence-corrected chi connectivity index (χ0v) is 24.5. The first kappa shape index (κ1) is 31.8. The number of phenols is 1. The number of primary amides is 1. The maximum absolute atomic E-state index is 11.8. The van der Waals surface area contributed by atoms with E-state index in [1.807, 2.05) is 4.90 Å². The van der Waals surface area contributed by atoms with Gasteiger partial charge in [-0.15, -0.1) is 0 Å². The average molecular weight is 575 g/mol. The number of urea groups is 1. The van der Waals surface area contributed by atoms with Crippen LogP contribution in [0.5, 0.6) is 11.5 Å². The summed E-state index contributed by atoms with van der Waals surface area (Å²) in [7, 11) is 0. The normalized spacial score (nSPS) is 16.9. The van der Waals surface area contributed by atoms with E-state index in [0.29, 0.717) is 23.4 Å². The van der Waals surface area contributed by atoms with E-state index in [-0.39, 0.29) is 24.4 Å². The Morgan fingerprint density at radius 3 is 2.67 bits per heavy atom. The number of aliphatic hydroxyl groups excluding tert-OH is 1. The van der Waals surface area contributed by atoms with Crippen molar-refractivity contribution in [2.45, 2.75) is 89.3 Å². The number of hydrogen-bond donors (Lipinski definition) is 5. The van der Waals surface area contributed by atoms with Gasteiger partial charge in [0.05, 0.1) is 5.02 Å². The van der Waals surface area contributed by atoms with Gasteiger partial charge >= 0.3 is 6.03 Å². The van der Waals surface area contributed by atoms with E-state index in [1.54, 1.807) is 6.07 Å². The minimum Gasteiger partial charge on any atom is -0.508 e. The molecular weight excluding hydrogens is 528 g/mol. The van der Waals surface area contributed by atoms with Gasteiger partial charge in [-0.1, -0.05) is 43.5 Å². The Balaban J connectivity index is 1.36. The number of rotatable bonds is 17. The van der Waals surface area contributed by atoms with Crippen molar-refractivity contribution < 1.29 is 19.7 Å². The highest BCUT2D eigenvalue weighted by Crippen LogP contribution is 2.28. The molecule has 1 aliphatic rings. The molecule has 9 heteroatoms. The summed E-state index contributed by atoms with van der Waals surface area (Å²) >= 11 is 6.03. The monoisotopic (exact) mass is 574 g/mol. The third kappa shape index (κ3) is 11.1. The summed E-state index contributed by atoms with van der Waals surface area (Å²) in [5.74, 6) is 0.507. The molecule has 8 nitrogen and oxygen atoms in total. The summed E-state index contributed by atoms with van der Waals surface area (Å²) in [5.41, 5.74) is 7.97. The number of halogens is 1. The van der Waals surface area contributed by atoms with Gasteiger partial charge in [-0.3, -0.25) is 0 Å². The smallest absolute Gasteiger partial charge is 0.315 e. The highest BCUT2D eigenvalue weighted by molar-refractivity contribution is 6.32. The summed E-state index contributed by atoms with van der Waals surface area (Å²) in [5, 5.41) is 26.9. The molecule has 1 saturated heterocycles. The fourth-order valence-corrected chi connectivity index (χ4v) is 5.52. The minimum atomic E-state index is -0.673. The number of phenolic OH excluding ortho intramolecular Hbond substituents is 1. The summed E-state index contributed by atoms with van der Waals surface area (Å²) in [6.45, 7) is 4.29. The standard InChI is InChI=1S/C31H47ClN4O4/c1-2-3-7-24(8-6-10-26-9-4-5-19-36(26)31(33)39)35-25-13-11-23(12-14-25)17-18-34-21-28(38)22-40-30-16-15-27(37)20-29(30)32/h11-16,20,24,26,28,34-35,37-38H,2-10,17-19,21-22H2,1H3,(H2,33,39)/t24?,26?,28-/m0/s1. The number of carbonyl (C=O) groups is 1. The zero-order valence-electron chi connectivity index (χ0n) is 23.8. The van der Waals surface area contributed by atoms with Crippen LogP contribution in [0.3, 0.4) is 0 Å². The fourth-order valence-electron chi connectivity index (χ4n) is 5.29. The van der Waals surface area contributed by atoms with Crippen LogP contribution in [0.2, 0.25) is 5.02 Å². The maximum Gasteiger partial charge on any atom is 0.315 e. The summed E-state index contributed by atoms with van der Waals surface area (Å²) < 4.78 is 5.55. The van der Waals surface area contributed by atoms with Gasteiger partial charge in [0, 0.05) is 36.9 Å². The van der Waals surface area contributed by atoms with Crippen molar-refractivity contribution in [3.05, 3.63) is 53.1 Å². The van der Waals surface area contributed by atoms with Crippen molar-refractivity contribution >= 4 is 23.3 Å². The molecule has 0 radical (unpaired) electrons. The largest absolute Gasteiger partial charge is 0.508 e. The molecule has 40 heavy (non-hydrogen) atoms. The molecule has 2 unspecified atom stereocenters. The van der Waals surface area contributed by atoms with E-state index in [2.05, 4.69) is 41.8 Å². The van der Waals surface area contributed by atoms with Crippen LogP contribution in [0.1, 0.15) is 70.3 Å². The molecule has 2 amide bonds. The van der Waals surface area contributed by atoms with Gasteiger partial charge in [-0.05, 0) is 87.7 Å². The first-order valence-electron chi connectivity index (χ1n) is 14.8. The molecule has 1 heterocycles. The van der Waals surface area contributed by atoms with Gasteiger partial charge in [0.25, 0.3) is 0 Å². The second-order valence-electron chi connectivity index (χ2n) is 10.8. The summed E-state index contributed by atoms with van der Waals surface area (Å²) in [6, 6.07) is 13.5. The van der Waals surface area contributed by atoms with Gasteiger partial charge < -0.3 is 36.2 Å². The number of carbonyl (C=O) groups excluding carboxylic acids is 1. The summed E-state index contributed by atoms with van der Waals surface area (Å²) in [4.78, 5) is 13.7. The number of piperidine rings is 1. The van der Waals surface area contributed by atoms with Gasteiger partial charge in [0.15, 0.2) is 0 Å². The minimum absolute atomic E-state index is 0.0732. The number of benzene rings is 2. The predicted molar refractivity (Wildman–Crippen MR) is 162 cm³/mol. The van der Waals surface area contributed by atoms with Crippen molar-refractivity contribution in [2.24, 2.45) is 5.73 Å². The number of nitrogens with one attached hydrogen (secondary N) is 2. The molecule has 222 valence electrons. The molecule has 0 saturated carbocycles. The highest BCUT2D eigenvalue weighted by Gasteiger charge is 2.24. The predicted octanol–water partition coefficient (Wildman–Crippen LogP) is 5.69. The van der Waals surface area contributed by atoms with Crippen LogP contribution in [0.25, 0.3) is 0 Å². The molecule has 2 aromatic rings. The Hall–Kier alpha value is -2.68. The average Bonchev–Trinajstić information content (AvgIpc) is 2.94. The van der Waals surface area contributed by atoms with E-state index in [9.17, 15) is 15.0 Å². The third-order valence-corrected chi connectivity index (χ3v) is 7.84. The molecule has 0 aliphatic carbocycles. The number of ether oxygens (including phenoxy) is 1. The van der Waals surface area contributed by atoms with Crippen molar-refractivity contribution in [2.75, 3.05) is 31.6 Å². The molecule has 0 aromatic heterocycles. The van der Waals surface area contributed by atoms with Crippen LogP contribution in [0.4, 0.5) is 10.5 Å². The van der Waals surface area contributed by atoms with Crippen LogP contribution < -0.4 is 21.1 Å². The second kappa shape index (κ2) is 17.2. The van der Waals surface area contributed by atoms with Crippen LogP contribution in [-0.4, -0.2) is 65.6 Å². The lowest BCUT2D eigenvalue weighted by Crippen LogP contribution is -2.46. The van der Waals surface area contributed by atoms with Crippen LogP contribution in [0, 0.1) is 0 Å². The fraction of sp³-hybridized carbons (Fsp3) is 0.581. The SMILES string of the molecule is CCCCC(CCCC1CCCCN1C(N)=O)Nc1ccc(CCNC[C@H](O)COc2ccc(O)cc2Cl)cc1. The number of likely N-dealkylation sites (tertiary alicyclic amines) is 1. The Labute approximate surface area is 244 Å². The number of unbranched alkanes of at least 4 members (excludes halogenated alkanes) is 1. The Morgan fingerprint density at radius 2 is 1.95 bits per heavy atom. The van der Waals surface area contributed by atoms with E-state index in [4.69, 9.17) is 22.1 Å². The first-order valence-corrected chi connectivity index (χ1v) is 15.1. The zero-order chi connectivity index (χ0) is 28.7. The van der Waals surface area contributed by atoms with E-state index in [0.717, 1.165) is 63.7 Å². The first-order chi connectivity index (χ1) is 19.4. The molecule has 6 N–H and O–H groups in total. The quantitative estimate of drug-likeness (QED) is 0.155.